The highest BCUT2D eigenvalue weighted by atomic mass is 32.2. The molecule has 0 saturated heterocycles. The van der Waals surface area contributed by atoms with Gasteiger partial charge in [0.05, 0.1) is 16.3 Å². The van der Waals surface area contributed by atoms with Crippen LogP contribution in [0, 0.1) is 12.7 Å². The Balaban J connectivity index is 3.45. The van der Waals surface area contributed by atoms with Crippen LogP contribution in [0.4, 0.5) is 10.1 Å². The fourth-order valence-electron chi connectivity index (χ4n) is 1.10. The Hall–Kier alpha value is -1.10. The van der Waals surface area contributed by atoms with Gasteiger partial charge in [-0.1, -0.05) is 6.92 Å². The first-order chi connectivity index (χ1) is 6.38. The van der Waals surface area contributed by atoms with Crippen LogP contribution in [0.1, 0.15) is 12.5 Å². The molecule has 0 aliphatic rings. The van der Waals surface area contributed by atoms with Gasteiger partial charge in [-0.15, -0.1) is 0 Å². The summed E-state index contributed by atoms with van der Waals surface area (Å²) < 4.78 is 35.9. The molecule has 5 heteroatoms. The van der Waals surface area contributed by atoms with Crippen LogP contribution in [0.15, 0.2) is 17.0 Å². The molecule has 0 aliphatic heterocycles. The molecule has 78 valence electrons. The Bertz CT molecular complexity index is 454. The Morgan fingerprint density at radius 2 is 2.00 bits per heavy atom. The number of hydrogen-bond acceptors (Lipinski definition) is 3. The summed E-state index contributed by atoms with van der Waals surface area (Å²) in [6.45, 7) is 3.02. The van der Waals surface area contributed by atoms with Gasteiger partial charge in [0, 0.05) is 0 Å². The second kappa shape index (κ2) is 3.57. The molecule has 3 nitrogen and oxygen atoms in total. The van der Waals surface area contributed by atoms with E-state index < -0.39 is 15.7 Å². The molecule has 0 bridgehead atoms. The topological polar surface area (TPSA) is 60.2 Å². The van der Waals surface area contributed by atoms with Crippen molar-refractivity contribution in [1.82, 2.24) is 0 Å². The Labute approximate surface area is 82.7 Å². The zero-order valence-corrected chi connectivity index (χ0v) is 8.86. The number of benzene rings is 1. The van der Waals surface area contributed by atoms with Gasteiger partial charge in [0.2, 0.25) is 0 Å². The number of anilines is 1. The van der Waals surface area contributed by atoms with Crippen LogP contribution in [0.5, 0.6) is 0 Å². The zero-order chi connectivity index (χ0) is 10.9. The van der Waals surface area contributed by atoms with E-state index in [1.807, 2.05) is 0 Å². The number of halogens is 1. The van der Waals surface area contributed by atoms with Gasteiger partial charge in [-0.05, 0) is 24.6 Å². The van der Waals surface area contributed by atoms with Crippen LogP contribution in [0.25, 0.3) is 0 Å². The van der Waals surface area contributed by atoms with E-state index in [4.69, 9.17) is 5.73 Å². The van der Waals surface area contributed by atoms with E-state index >= 15 is 0 Å². The molecule has 0 radical (unpaired) electrons. The van der Waals surface area contributed by atoms with Gasteiger partial charge in [0.25, 0.3) is 0 Å². The summed E-state index contributed by atoms with van der Waals surface area (Å²) in [6.07, 6.45) is 0. The van der Waals surface area contributed by atoms with Gasteiger partial charge in [-0.25, -0.2) is 12.8 Å². The molecule has 1 aromatic carbocycles. The molecule has 0 saturated carbocycles. The van der Waals surface area contributed by atoms with Gasteiger partial charge < -0.3 is 5.73 Å². The van der Waals surface area contributed by atoms with E-state index in [1.165, 1.54) is 19.9 Å². The fourth-order valence-corrected chi connectivity index (χ4v) is 2.18. The van der Waals surface area contributed by atoms with Crippen molar-refractivity contribution < 1.29 is 12.8 Å². The molecule has 14 heavy (non-hydrogen) atoms. The molecule has 0 aromatic heterocycles. The molecule has 0 unspecified atom stereocenters. The predicted molar refractivity (Wildman–Crippen MR) is 53.3 cm³/mol. The van der Waals surface area contributed by atoms with Gasteiger partial charge >= 0.3 is 0 Å². The maximum Gasteiger partial charge on any atom is 0.180 e. The van der Waals surface area contributed by atoms with Gasteiger partial charge in [0.1, 0.15) is 5.82 Å². The third-order valence-electron chi connectivity index (χ3n) is 2.01. The standard InChI is InChI=1S/C9H12FNO2S/c1-3-14(12,13)9-4-6(2)7(10)5-8(9)11/h4-5H,3,11H2,1-2H3. The normalized spacial score (nSPS) is 11.6. The number of sulfone groups is 1. The number of rotatable bonds is 2. The van der Waals surface area contributed by atoms with E-state index in [2.05, 4.69) is 0 Å². The molecule has 1 aromatic rings. The maximum atomic E-state index is 13.0. The van der Waals surface area contributed by atoms with Crippen LogP contribution in [0.3, 0.4) is 0 Å². The summed E-state index contributed by atoms with van der Waals surface area (Å²) in [6, 6.07) is 2.31. The molecule has 0 fully saturated rings. The minimum atomic E-state index is -3.36. The van der Waals surface area contributed by atoms with E-state index in [-0.39, 0.29) is 21.9 Å². The monoisotopic (exact) mass is 217 g/mol. The number of nitrogens with two attached hydrogens (primary N) is 1. The highest BCUT2D eigenvalue weighted by molar-refractivity contribution is 7.91. The number of hydrogen-bond donors (Lipinski definition) is 1. The first-order valence-electron chi connectivity index (χ1n) is 4.17. The lowest BCUT2D eigenvalue weighted by molar-refractivity contribution is 0.595. The van der Waals surface area contributed by atoms with Crippen LogP contribution in [-0.4, -0.2) is 14.2 Å². The molecular weight excluding hydrogens is 205 g/mol. The number of nitrogen functional groups attached to an aromatic ring is 1. The smallest absolute Gasteiger partial charge is 0.180 e. The maximum absolute atomic E-state index is 13.0. The fraction of sp³-hybridized carbons (Fsp3) is 0.333. The number of aryl methyl sites for hydroxylation is 1. The Morgan fingerprint density at radius 3 is 2.50 bits per heavy atom. The zero-order valence-electron chi connectivity index (χ0n) is 8.04. The van der Waals surface area contributed by atoms with Crippen LogP contribution in [-0.2, 0) is 9.84 Å². The first-order valence-corrected chi connectivity index (χ1v) is 5.82. The third-order valence-corrected chi connectivity index (χ3v) is 3.79. The van der Waals surface area contributed by atoms with Crippen molar-refractivity contribution in [3.05, 3.63) is 23.5 Å². The average Bonchev–Trinajstić information content (AvgIpc) is 2.11. The average molecular weight is 217 g/mol. The van der Waals surface area contributed by atoms with Crippen molar-refractivity contribution in [3.63, 3.8) is 0 Å². The van der Waals surface area contributed by atoms with Crippen LogP contribution >= 0.6 is 0 Å². The van der Waals surface area contributed by atoms with Gasteiger partial charge in [0.15, 0.2) is 9.84 Å². The summed E-state index contributed by atoms with van der Waals surface area (Å²) in [5, 5.41) is 0. The largest absolute Gasteiger partial charge is 0.398 e. The van der Waals surface area contributed by atoms with Crippen molar-refractivity contribution in [1.29, 1.82) is 0 Å². The third kappa shape index (κ3) is 1.87. The molecule has 2 N–H and O–H groups in total. The van der Waals surface area contributed by atoms with Gasteiger partial charge in [-0.2, -0.15) is 0 Å². The molecular formula is C9H12FNO2S. The van der Waals surface area contributed by atoms with E-state index in [9.17, 15) is 12.8 Å². The van der Waals surface area contributed by atoms with Crippen molar-refractivity contribution in [2.75, 3.05) is 11.5 Å². The van der Waals surface area contributed by atoms with E-state index in [1.54, 1.807) is 0 Å². The molecule has 0 atom stereocenters. The molecule has 0 amide bonds. The molecule has 0 spiro atoms. The van der Waals surface area contributed by atoms with Crippen LogP contribution < -0.4 is 5.73 Å². The first kappa shape index (κ1) is 11.0. The lowest BCUT2D eigenvalue weighted by Gasteiger charge is -2.07. The van der Waals surface area contributed by atoms with Crippen molar-refractivity contribution >= 4 is 15.5 Å². The van der Waals surface area contributed by atoms with Gasteiger partial charge in [-0.3, -0.25) is 0 Å². The summed E-state index contributed by atoms with van der Waals surface area (Å²) in [4.78, 5) is 0.0129. The lowest BCUT2D eigenvalue weighted by atomic mass is 10.2. The summed E-state index contributed by atoms with van der Waals surface area (Å²) >= 11 is 0. The molecule has 1 rings (SSSR count). The van der Waals surface area contributed by atoms with Crippen molar-refractivity contribution in [3.8, 4) is 0 Å². The summed E-state index contributed by atoms with van der Waals surface area (Å²) in [5.41, 5.74) is 5.68. The minimum Gasteiger partial charge on any atom is -0.398 e. The van der Waals surface area contributed by atoms with E-state index in [0.29, 0.717) is 0 Å². The lowest BCUT2D eigenvalue weighted by Crippen LogP contribution is -2.08. The van der Waals surface area contributed by atoms with Crippen molar-refractivity contribution in [2.24, 2.45) is 0 Å². The molecule has 0 heterocycles. The highest BCUT2D eigenvalue weighted by Gasteiger charge is 2.16. The highest BCUT2D eigenvalue weighted by Crippen LogP contribution is 2.23. The SMILES string of the molecule is CCS(=O)(=O)c1cc(C)c(F)cc1N. The second-order valence-electron chi connectivity index (χ2n) is 3.04. The molecule has 0 aliphatic carbocycles. The summed E-state index contributed by atoms with van der Waals surface area (Å²) in [5.74, 6) is -0.528. The van der Waals surface area contributed by atoms with Crippen LogP contribution in [0.2, 0.25) is 0 Å². The second-order valence-corrected chi connectivity index (χ2v) is 5.29. The van der Waals surface area contributed by atoms with Crippen molar-refractivity contribution in [2.45, 2.75) is 18.7 Å². The van der Waals surface area contributed by atoms with E-state index in [0.717, 1.165) is 6.07 Å². The predicted octanol–water partition coefficient (Wildman–Crippen LogP) is 1.51. The quantitative estimate of drug-likeness (QED) is 0.603. The Morgan fingerprint density at radius 1 is 1.43 bits per heavy atom. The summed E-state index contributed by atoms with van der Waals surface area (Å²) in [7, 11) is -3.36. The minimum absolute atomic E-state index is 0.0129. The Kier molecular flexibility index (Phi) is 2.80.